The van der Waals surface area contributed by atoms with Crippen molar-refractivity contribution in [2.45, 2.75) is 25.1 Å². The summed E-state index contributed by atoms with van der Waals surface area (Å²) in [6, 6.07) is 0. The number of halogens is 5. The molecule has 3 saturated carbocycles. The first-order chi connectivity index (χ1) is 8.16. The van der Waals surface area contributed by atoms with Gasteiger partial charge in [-0.05, 0) is 0 Å². The van der Waals surface area contributed by atoms with Crippen LogP contribution in [0.1, 0.15) is 0 Å². The molecule has 3 fully saturated rings. The molecule has 0 aliphatic heterocycles. The van der Waals surface area contributed by atoms with E-state index in [4.69, 9.17) is 58.0 Å². The van der Waals surface area contributed by atoms with Crippen LogP contribution in [0.2, 0.25) is 0 Å². The van der Waals surface area contributed by atoms with Crippen LogP contribution in [0, 0.1) is 17.8 Å². The Labute approximate surface area is 128 Å². The molecule has 0 spiro atoms. The number of carbonyl (C=O) groups is 1. The molecule has 7 atom stereocenters. The fourth-order valence-corrected chi connectivity index (χ4v) is 7.33. The number of carbonyl (C=O) groups excluding carboxylic acids is 1. The lowest BCUT2D eigenvalue weighted by Crippen LogP contribution is -2.54. The molecular weight excluding hydrogens is 341 g/mol. The van der Waals surface area contributed by atoms with Crippen molar-refractivity contribution in [3.8, 4) is 0 Å². The van der Waals surface area contributed by atoms with Gasteiger partial charge in [0.15, 0.2) is 10.1 Å². The van der Waals surface area contributed by atoms with E-state index >= 15 is 0 Å². The number of ketones is 1. The van der Waals surface area contributed by atoms with Crippen LogP contribution in [-0.4, -0.2) is 35.9 Å². The number of hydrogen-bond acceptors (Lipinski definition) is 2. The number of alkyl halides is 5. The quantitative estimate of drug-likeness (QED) is 0.539. The summed E-state index contributed by atoms with van der Waals surface area (Å²) in [5, 5.41) is 10.3. The number of allylic oxidation sites excluding steroid dienone is 1. The monoisotopic (exact) mass is 346 g/mol. The van der Waals surface area contributed by atoms with E-state index in [2.05, 4.69) is 0 Å². The molecule has 0 saturated heterocycles. The zero-order valence-corrected chi connectivity index (χ0v) is 12.5. The fraction of sp³-hybridized carbons (Fsp3) is 0.727. The average molecular weight is 348 g/mol. The number of fused-ring (bicyclic) bond motifs is 4. The van der Waals surface area contributed by atoms with E-state index < -0.39 is 48.6 Å². The van der Waals surface area contributed by atoms with Crippen LogP contribution in [0.25, 0.3) is 0 Å². The Morgan fingerprint density at radius 1 is 1.00 bits per heavy atom. The number of hydrogen-bond donors (Lipinski definition) is 1. The highest BCUT2D eigenvalue weighted by molar-refractivity contribution is 6.69. The molecule has 4 aliphatic carbocycles. The molecule has 4 rings (SSSR count). The number of aliphatic hydroxyl groups excluding tert-OH is 1. The molecule has 4 aliphatic rings. The predicted molar refractivity (Wildman–Crippen MR) is 70.8 cm³/mol. The minimum atomic E-state index is -1.70. The van der Waals surface area contributed by atoms with Gasteiger partial charge in [0.1, 0.15) is 14.6 Å². The van der Waals surface area contributed by atoms with Crippen LogP contribution < -0.4 is 0 Å². The molecule has 0 aromatic rings. The van der Waals surface area contributed by atoms with E-state index in [1.54, 1.807) is 12.2 Å². The Morgan fingerprint density at radius 3 is 2.17 bits per heavy atom. The van der Waals surface area contributed by atoms with Gasteiger partial charge in [-0.1, -0.05) is 35.4 Å². The summed E-state index contributed by atoms with van der Waals surface area (Å²) in [5.74, 6) is -2.05. The smallest absolute Gasteiger partial charge is 0.180 e. The second kappa shape index (κ2) is 2.88. The van der Waals surface area contributed by atoms with Crippen LogP contribution in [0.4, 0.5) is 0 Å². The second-order valence-corrected chi connectivity index (χ2v) is 8.61. The SMILES string of the molecule is O=C1C2(Cl)[C@H]3C=CC4[C@@H](O)[C@@H]3[C@](Cl)(C2(Cl)Cl)[C@@]14Cl. The van der Waals surface area contributed by atoms with Gasteiger partial charge in [-0.3, -0.25) is 4.79 Å². The van der Waals surface area contributed by atoms with Crippen molar-refractivity contribution in [2.24, 2.45) is 17.8 Å². The summed E-state index contributed by atoms with van der Waals surface area (Å²) in [6.07, 6.45) is 2.64. The fourth-order valence-electron chi connectivity index (χ4n) is 4.41. The molecule has 7 heteroatoms. The molecule has 2 unspecified atom stereocenters. The highest BCUT2D eigenvalue weighted by Crippen LogP contribution is 2.83. The molecule has 4 bridgehead atoms. The van der Waals surface area contributed by atoms with Crippen molar-refractivity contribution >= 4 is 63.8 Å². The maximum atomic E-state index is 12.6. The third kappa shape index (κ3) is 0.752. The van der Waals surface area contributed by atoms with Gasteiger partial charge in [-0.25, -0.2) is 0 Å². The molecule has 1 N–H and O–H groups in total. The maximum absolute atomic E-state index is 12.6. The summed E-state index contributed by atoms with van der Waals surface area (Å²) in [6.45, 7) is 0. The molecule has 0 aromatic carbocycles. The molecule has 2 nitrogen and oxygen atoms in total. The highest BCUT2D eigenvalue weighted by Gasteiger charge is 2.97. The van der Waals surface area contributed by atoms with Gasteiger partial charge in [0, 0.05) is 17.8 Å². The van der Waals surface area contributed by atoms with Crippen molar-refractivity contribution in [1.29, 1.82) is 0 Å². The first kappa shape index (κ1) is 12.6. The van der Waals surface area contributed by atoms with Crippen LogP contribution in [-0.2, 0) is 4.79 Å². The van der Waals surface area contributed by atoms with Crippen LogP contribution in [0.3, 0.4) is 0 Å². The summed E-state index contributed by atoms with van der Waals surface area (Å²) < 4.78 is -1.70. The van der Waals surface area contributed by atoms with E-state index in [9.17, 15) is 9.90 Å². The summed E-state index contributed by atoms with van der Waals surface area (Å²) in [7, 11) is 0. The predicted octanol–water partition coefficient (Wildman–Crippen LogP) is 2.48. The summed E-state index contributed by atoms with van der Waals surface area (Å²) in [5.41, 5.74) is 0. The maximum Gasteiger partial charge on any atom is 0.180 e. The van der Waals surface area contributed by atoms with Crippen LogP contribution >= 0.6 is 58.0 Å². The minimum absolute atomic E-state index is 0.467. The van der Waals surface area contributed by atoms with Crippen LogP contribution in [0.15, 0.2) is 12.2 Å². The van der Waals surface area contributed by atoms with Gasteiger partial charge >= 0.3 is 0 Å². The Morgan fingerprint density at radius 2 is 1.56 bits per heavy atom. The Kier molecular flexibility index (Phi) is 2.01. The molecule has 0 aromatic heterocycles. The third-order valence-corrected chi connectivity index (χ3v) is 9.07. The molecular formula is C11H7Cl5O2. The average Bonchev–Trinajstić information content (AvgIpc) is 2.51. The lowest BCUT2D eigenvalue weighted by molar-refractivity contribution is -0.124. The van der Waals surface area contributed by atoms with Gasteiger partial charge in [-0.2, -0.15) is 0 Å². The largest absolute Gasteiger partial charge is 0.392 e. The molecule has 0 heterocycles. The normalized spacial score (nSPS) is 66.2. The van der Waals surface area contributed by atoms with Gasteiger partial charge in [0.05, 0.1) is 6.10 Å². The number of aliphatic hydroxyl groups is 1. The molecule has 0 radical (unpaired) electrons. The molecule has 0 amide bonds. The lowest BCUT2D eigenvalue weighted by atomic mass is 9.78. The van der Waals surface area contributed by atoms with Gasteiger partial charge in [-0.15, -0.1) is 34.8 Å². The standard InChI is InChI=1S/C11H7Cl5O2/c12-8-4-2-1-3-5(6(4)17)10(8,14)11(15,16)9(3,13)7(8)18/h1-6,17H/t3-,4?,5+,6+,8-,9?,10+/m0/s1. The lowest BCUT2D eigenvalue weighted by Gasteiger charge is -2.36. The Balaban J connectivity index is 2.17. The van der Waals surface area contributed by atoms with E-state index in [0.717, 1.165) is 0 Å². The first-order valence-electron chi connectivity index (χ1n) is 5.52. The Bertz CT molecular complexity index is 534. The van der Waals surface area contributed by atoms with Crippen molar-refractivity contribution in [3.05, 3.63) is 12.2 Å². The zero-order valence-electron chi connectivity index (χ0n) is 8.71. The van der Waals surface area contributed by atoms with Crippen molar-refractivity contribution < 1.29 is 9.90 Å². The second-order valence-electron chi connectivity index (χ2n) is 5.49. The minimum Gasteiger partial charge on any atom is -0.392 e. The van der Waals surface area contributed by atoms with E-state index in [-0.39, 0.29) is 0 Å². The summed E-state index contributed by atoms with van der Waals surface area (Å²) >= 11 is 32.2. The van der Waals surface area contributed by atoms with Crippen LogP contribution in [0.5, 0.6) is 0 Å². The van der Waals surface area contributed by atoms with Gasteiger partial charge in [0.25, 0.3) is 0 Å². The van der Waals surface area contributed by atoms with Crippen molar-refractivity contribution in [3.63, 3.8) is 0 Å². The molecule has 18 heavy (non-hydrogen) atoms. The van der Waals surface area contributed by atoms with Gasteiger partial charge < -0.3 is 5.11 Å². The van der Waals surface area contributed by atoms with E-state index in [1.807, 2.05) is 0 Å². The number of rotatable bonds is 0. The first-order valence-corrected chi connectivity index (χ1v) is 7.41. The van der Waals surface area contributed by atoms with Crippen molar-refractivity contribution in [1.82, 2.24) is 0 Å². The van der Waals surface area contributed by atoms with E-state index in [0.29, 0.717) is 0 Å². The third-order valence-electron chi connectivity index (χ3n) is 5.13. The van der Waals surface area contributed by atoms with Gasteiger partial charge in [0.2, 0.25) is 0 Å². The highest BCUT2D eigenvalue weighted by atomic mass is 35.5. The Hall–Kier alpha value is 0.820. The summed E-state index contributed by atoms with van der Waals surface area (Å²) in [4.78, 5) is 8.09. The molecule has 98 valence electrons. The number of Topliss-reactive ketones (excluding diaryl/α,β-unsaturated/α-hetero) is 1. The zero-order chi connectivity index (χ0) is 13.3. The van der Waals surface area contributed by atoms with Crippen molar-refractivity contribution in [2.75, 3.05) is 0 Å². The van der Waals surface area contributed by atoms with E-state index in [1.165, 1.54) is 0 Å². The topological polar surface area (TPSA) is 37.3 Å².